The molecule has 0 aliphatic rings. The van der Waals surface area contributed by atoms with Crippen molar-refractivity contribution >= 4 is 20.9 Å². The summed E-state index contributed by atoms with van der Waals surface area (Å²) in [5.41, 5.74) is 2.43. The number of rotatable bonds is 35. The van der Waals surface area contributed by atoms with E-state index in [-0.39, 0.29) is 4.90 Å². The Hall–Kier alpha value is -1.39. The molecule has 0 aliphatic carbocycles. The van der Waals surface area contributed by atoms with E-state index in [4.69, 9.17) is 0 Å². The molecule has 0 spiro atoms. The topological polar surface area (TPSA) is 54.4 Å². The van der Waals surface area contributed by atoms with Crippen LogP contribution in [0.1, 0.15) is 230 Å². The molecule has 0 fully saturated rings. The molecule has 0 saturated heterocycles. The van der Waals surface area contributed by atoms with Gasteiger partial charge in [-0.2, -0.15) is 8.42 Å². The predicted molar refractivity (Wildman–Crippen MR) is 220 cm³/mol. The van der Waals surface area contributed by atoms with Gasteiger partial charge in [-0.15, -0.1) is 0 Å². The summed E-state index contributed by atoms with van der Waals surface area (Å²) in [5.74, 6) is 0. The SMILES string of the molecule is CCCCCCCCCCCCCCCCCCc1cc(S(=O)(=O)O)c2ccccc2c1CCCCCCCCCCCCCCCCCC. The first-order valence-corrected chi connectivity index (χ1v) is 23.4. The summed E-state index contributed by atoms with van der Waals surface area (Å²) in [5, 5.41) is 1.67. The number of hydrogen-bond acceptors (Lipinski definition) is 2. The second-order valence-corrected chi connectivity index (χ2v) is 17.0. The van der Waals surface area contributed by atoms with Crippen LogP contribution in [0.15, 0.2) is 35.2 Å². The molecular weight excluding hydrogens is 633 g/mol. The molecule has 2 aromatic rings. The number of fused-ring (bicyclic) bond motifs is 1. The van der Waals surface area contributed by atoms with Gasteiger partial charge >= 0.3 is 0 Å². The minimum absolute atomic E-state index is 0.0790. The Morgan fingerprint density at radius 1 is 0.420 bits per heavy atom. The molecule has 0 bridgehead atoms. The monoisotopic (exact) mass is 713 g/mol. The van der Waals surface area contributed by atoms with Crippen LogP contribution in [0.25, 0.3) is 10.8 Å². The Kier molecular flexibility index (Phi) is 27.0. The van der Waals surface area contributed by atoms with Crippen LogP contribution in [0.5, 0.6) is 0 Å². The number of unbranched alkanes of at least 4 members (excludes halogenated alkanes) is 30. The molecule has 0 aliphatic heterocycles. The van der Waals surface area contributed by atoms with Gasteiger partial charge in [0.15, 0.2) is 0 Å². The molecule has 4 heteroatoms. The van der Waals surface area contributed by atoms with Gasteiger partial charge in [-0.1, -0.05) is 231 Å². The maximum atomic E-state index is 12.4. The molecular formula is C46H80O3S. The standard InChI is InChI=1S/C46H80O3S/c1-3-5-7-9-11-13-15-17-19-21-23-25-27-29-31-33-37-42-41-46(50(47,48)49)45-40-36-35-39-44(45)43(42)38-34-32-30-28-26-24-22-20-18-16-14-12-10-8-6-4-2/h35-36,39-41H,3-34,37-38H2,1-2H3,(H,47,48,49). The van der Waals surface area contributed by atoms with E-state index < -0.39 is 10.1 Å². The second-order valence-electron chi connectivity index (χ2n) is 15.6. The van der Waals surface area contributed by atoms with Crippen molar-refractivity contribution in [2.24, 2.45) is 0 Å². The maximum Gasteiger partial charge on any atom is 0.295 e. The van der Waals surface area contributed by atoms with Crippen LogP contribution in [-0.4, -0.2) is 13.0 Å². The summed E-state index contributed by atoms with van der Waals surface area (Å²) in [6.07, 6.45) is 45.3. The quantitative estimate of drug-likeness (QED) is 0.0572. The molecule has 50 heavy (non-hydrogen) atoms. The molecule has 0 saturated carbocycles. The van der Waals surface area contributed by atoms with E-state index in [9.17, 15) is 13.0 Å². The van der Waals surface area contributed by atoms with Gasteiger partial charge in [0.05, 0.1) is 0 Å². The zero-order valence-electron chi connectivity index (χ0n) is 33.1. The van der Waals surface area contributed by atoms with E-state index in [0.717, 1.165) is 36.6 Å². The lowest BCUT2D eigenvalue weighted by atomic mass is 9.91. The lowest BCUT2D eigenvalue weighted by Gasteiger charge is -2.16. The lowest BCUT2D eigenvalue weighted by molar-refractivity contribution is 0.484. The molecule has 2 rings (SSSR count). The average molecular weight is 713 g/mol. The van der Waals surface area contributed by atoms with Crippen LogP contribution in [0.2, 0.25) is 0 Å². The number of hydrogen-bond donors (Lipinski definition) is 1. The van der Waals surface area contributed by atoms with Crippen LogP contribution in [0, 0.1) is 0 Å². The highest BCUT2D eigenvalue weighted by Gasteiger charge is 2.19. The normalized spacial score (nSPS) is 12.0. The first-order chi connectivity index (χ1) is 24.5. The highest BCUT2D eigenvalue weighted by Crippen LogP contribution is 2.32. The van der Waals surface area contributed by atoms with Crippen molar-refractivity contribution in [2.75, 3.05) is 0 Å². The Morgan fingerprint density at radius 3 is 1.06 bits per heavy atom. The van der Waals surface area contributed by atoms with Crippen molar-refractivity contribution < 1.29 is 13.0 Å². The Bertz CT molecular complexity index is 1190. The molecule has 3 nitrogen and oxygen atoms in total. The second kappa shape index (κ2) is 30.1. The molecule has 0 unspecified atom stereocenters. The van der Waals surface area contributed by atoms with Gasteiger partial charge in [-0.3, -0.25) is 4.55 Å². The maximum absolute atomic E-state index is 12.4. The zero-order chi connectivity index (χ0) is 36.0. The summed E-state index contributed by atoms with van der Waals surface area (Å²) in [4.78, 5) is 0.0790. The van der Waals surface area contributed by atoms with Crippen LogP contribution in [0.3, 0.4) is 0 Å². The van der Waals surface area contributed by atoms with Gasteiger partial charge in [0, 0.05) is 5.39 Å². The molecule has 288 valence electrons. The molecule has 0 radical (unpaired) electrons. The van der Waals surface area contributed by atoms with Crippen molar-refractivity contribution in [3.05, 3.63) is 41.5 Å². The molecule has 0 atom stereocenters. The van der Waals surface area contributed by atoms with E-state index in [1.807, 2.05) is 18.2 Å². The van der Waals surface area contributed by atoms with Crippen LogP contribution >= 0.6 is 0 Å². The third-order valence-electron chi connectivity index (χ3n) is 11.1. The summed E-state index contributed by atoms with van der Waals surface area (Å²) in [7, 11) is -4.28. The van der Waals surface area contributed by atoms with Gasteiger partial charge in [0.1, 0.15) is 4.90 Å². The summed E-state index contributed by atoms with van der Waals surface area (Å²) in [6, 6.07) is 9.60. The smallest absolute Gasteiger partial charge is 0.282 e. The lowest BCUT2D eigenvalue weighted by Crippen LogP contribution is -2.05. The average Bonchev–Trinajstić information content (AvgIpc) is 3.11. The predicted octanol–water partition coefficient (Wildman–Crippen LogP) is 15.7. The van der Waals surface area contributed by atoms with Crippen molar-refractivity contribution in [3.8, 4) is 0 Å². The third kappa shape index (κ3) is 21.2. The molecule has 0 heterocycles. The van der Waals surface area contributed by atoms with Crippen LogP contribution < -0.4 is 0 Å². The number of benzene rings is 2. The molecule has 1 N–H and O–H groups in total. The summed E-state index contributed by atoms with van der Waals surface area (Å²) in [6.45, 7) is 4.57. The minimum atomic E-state index is -4.28. The third-order valence-corrected chi connectivity index (χ3v) is 12.0. The van der Waals surface area contributed by atoms with Crippen molar-refractivity contribution in [1.29, 1.82) is 0 Å². The van der Waals surface area contributed by atoms with E-state index in [1.54, 1.807) is 6.07 Å². The van der Waals surface area contributed by atoms with Gasteiger partial charge in [-0.05, 0) is 48.3 Å². The van der Waals surface area contributed by atoms with E-state index >= 15 is 0 Å². The zero-order valence-corrected chi connectivity index (χ0v) is 33.9. The summed E-state index contributed by atoms with van der Waals surface area (Å²) < 4.78 is 34.9. The Balaban J connectivity index is 1.67. The van der Waals surface area contributed by atoms with Gasteiger partial charge in [-0.25, -0.2) is 0 Å². The fourth-order valence-electron chi connectivity index (χ4n) is 7.90. The Labute approximate surface area is 311 Å². The fraction of sp³-hybridized carbons (Fsp3) is 0.783. The largest absolute Gasteiger partial charge is 0.295 e. The van der Waals surface area contributed by atoms with E-state index in [0.29, 0.717) is 5.39 Å². The molecule has 2 aromatic carbocycles. The van der Waals surface area contributed by atoms with Crippen molar-refractivity contribution in [3.63, 3.8) is 0 Å². The van der Waals surface area contributed by atoms with E-state index in [1.165, 1.54) is 198 Å². The van der Waals surface area contributed by atoms with Crippen LogP contribution in [-0.2, 0) is 23.0 Å². The first kappa shape index (κ1) is 44.8. The van der Waals surface area contributed by atoms with Gasteiger partial charge in [0.25, 0.3) is 10.1 Å². The van der Waals surface area contributed by atoms with Gasteiger partial charge in [0.2, 0.25) is 0 Å². The minimum Gasteiger partial charge on any atom is -0.282 e. The summed E-state index contributed by atoms with van der Waals surface area (Å²) >= 11 is 0. The highest BCUT2D eigenvalue weighted by atomic mass is 32.2. The molecule has 0 aromatic heterocycles. The fourth-order valence-corrected chi connectivity index (χ4v) is 8.65. The van der Waals surface area contributed by atoms with Crippen molar-refractivity contribution in [2.45, 2.75) is 237 Å². The first-order valence-electron chi connectivity index (χ1n) is 22.0. The Morgan fingerprint density at radius 2 is 0.720 bits per heavy atom. The van der Waals surface area contributed by atoms with Gasteiger partial charge < -0.3 is 0 Å². The van der Waals surface area contributed by atoms with E-state index in [2.05, 4.69) is 19.9 Å². The number of aryl methyl sites for hydroxylation is 2. The highest BCUT2D eigenvalue weighted by molar-refractivity contribution is 7.86. The molecule has 0 amide bonds. The van der Waals surface area contributed by atoms with Crippen molar-refractivity contribution in [1.82, 2.24) is 0 Å². The van der Waals surface area contributed by atoms with Crippen LogP contribution in [0.4, 0.5) is 0 Å².